The molecule has 6 heteroatoms. The van der Waals surface area contributed by atoms with Crippen LogP contribution >= 0.6 is 0 Å². The maximum absolute atomic E-state index is 11.8. The van der Waals surface area contributed by atoms with Gasteiger partial charge in [0.15, 0.2) is 0 Å². The van der Waals surface area contributed by atoms with Gasteiger partial charge in [0, 0.05) is 0 Å². The van der Waals surface area contributed by atoms with E-state index in [4.69, 9.17) is 0 Å². The van der Waals surface area contributed by atoms with Crippen molar-refractivity contribution >= 4 is 49.5 Å². The molecule has 0 atom stereocenters. The quantitative estimate of drug-likeness (QED) is 0.528. The summed E-state index contributed by atoms with van der Waals surface area (Å²) < 4.78 is 0. The van der Waals surface area contributed by atoms with Gasteiger partial charge < -0.3 is 0 Å². The van der Waals surface area contributed by atoms with E-state index in [-0.39, 0.29) is 38.1 Å². The third-order valence-corrected chi connectivity index (χ3v) is 8.91. The summed E-state index contributed by atoms with van der Waals surface area (Å²) in [4.78, 5) is 23.5. The molecule has 0 aliphatic carbocycles. The van der Waals surface area contributed by atoms with Crippen LogP contribution in [0.1, 0.15) is 0 Å². The van der Waals surface area contributed by atoms with Crippen LogP contribution in [0.25, 0.3) is 0 Å². The number of amides is 2. The van der Waals surface area contributed by atoms with Gasteiger partial charge in [-0.05, 0) is 0 Å². The molecule has 0 saturated heterocycles. The first-order valence-corrected chi connectivity index (χ1v) is 13.4. The topological polar surface area (TPSA) is 58.2 Å². The van der Waals surface area contributed by atoms with E-state index in [0.717, 1.165) is 11.4 Å². The summed E-state index contributed by atoms with van der Waals surface area (Å²) in [6.45, 7) is 0. The van der Waals surface area contributed by atoms with Gasteiger partial charge in [0.1, 0.15) is 0 Å². The Morgan fingerprint density at radius 2 is 1.05 bits per heavy atom. The molecule has 0 aliphatic heterocycles. The van der Waals surface area contributed by atoms with Gasteiger partial charge in [-0.25, -0.2) is 0 Å². The molecule has 114 valence electrons. The van der Waals surface area contributed by atoms with Crippen molar-refractivity contribution in [1.29, 1.82) is 0 Å². The van der Waals surface area contributed by atoms with E-state index in [2.05, 4.69) is 10.6 Å². The molecule has 0 bridgehead atoms. The predicted molar refractivity (Wildman–Crippen MR) is 91.3 cm³/mol. The van der Waals surface area contributed by atoms with Gasteiger partial charge in [0.05, 0.1) is 0 Å². The molecule has 2 rings (SSSR count). The summed E-state index contributed by atoms with van der Waals surface area (Å²) in [5, 5.41) is 6.74. The molecule has 2 aromatic rings. The summed E-state index contributed by atoms with van der Waals surface area (Å²) in [6.07, 6.45) is 0. The molecule has 2 amide bonds. The van der Waals surface area contributed by atoms with Crippen LogP contribution in [-0.2, 0) is 9.59 Å². The van der Waals surface area contributed by atoms with Crippen molar-refractivity contribution in [2.24, 2.45) is 0 Å². The molecule has 0 heterocycles. The van der Waals surface area contributed by atoms with Crippen molar-refractivity contribution in [2.75, 3.05) is 10.6 Å². The third kappa shape index (κ3) is 6.46. The Bertz CT molecular complexity index is 551. The van der Waals surface area contributed by atoms with Gasteiger partial charge in [-0.2, -0.15) is 0 Å². The molecule has 0 unspecified atom stereocenters. The maximum atomic E-state index is 11.8. The van der Waals surface area contributed by atoms with E-state index in [1.807, 2.05) is 60.7 Å². The van der Waals surface area contributed by atoms with Gasteiger partial charge in [0.2, 0.25) is 0 Å². The molecule has 0 fully saturated rings. The number of anilines is 2. The summed E-state index contributed by atoms with van der Waals surface area (Å²) in [7, 11) is 0. The van der Waals surface area contributed by atoms with Crippen LogP contribution in [0, 0.1) is 0 Å². The number of hydrogen-bond donors (Lipinski definition) is 2. The fraction of sp³-hybridized carbons (Fsp3) is 0.125. The first kappa shape index (κ1) is 16.8. The second kappa shape index (κ2) is 9.44. The van der Waals surface area contributed by atoms with Crippen molar-refractivity contribution in [3.8, 4) is 0 Å². The van der Waals surface area contributed by atoms with E-state index in [0.29, 0.717) is 10.6 Å². The molecule has 22 heavy (non-hydrogen) atoms. The summed E-state index contributed by atoms with van der Waals surface area (Å²) in [5.41, 5.74) is 1.63. The Morgan fingerprint density at radius 3 is 1.41 bits per heavy atom. The number of rotatable bonds is 7. The normalized spacial score (nSPS) is 10.0. The van der Waals surface area contributed by atoms with Gasteiger partial charge >= 0.3 is 141 Å². The van der Waals surface area contributed by atoms with Crippen LogP contribution in [0.2, 0.25) is 10.6 Å². The van der Waals surface area contributed by atoms with E-state index in [1.165, 1.54) is 0 Å². The Labute approximate surface area is 140 Å². The Morgan fingerprint density at radius 1 is 0.682 bits per heavy atom. The monoisotopic (exact) mass is 428 g/mol. The number of nitrogens with one attached hydrogen (secondary N) is 2. The molecule has 0 spiro atoms. The molecule has 0 saturated carbocycles. The third-order valence-electron chi connectivity index (χ3n) is 2.58. The first-order chi connectivity index (χ1) is 10.7. The fourth-order valence-corrected chi connectivity index (χ4v) is 6.88. The van der Waals surface area contributed by atoms with Crippen molar-refractivity contribution < 1.29 is 9.59 Å². The SMILES string of the molecule is O=C(C[Se][Se]CC(=O)Nc1ccccc1)Nc1ccccc1. The first-order valence-electron chi connectivity index (χ1n) is 6.68. The molecule has 4 nitrogen and oxygen atoms in total. The van der Waals surface area contributed by atoms with Crippen LogP contribution in [0.15, 0.2) is 60.7 Å². The number of para-hydroxylation sites is 2. The molecule has 0 radical (unpaired) electrons. The van der Waals surface area contributed by atoms with Crippen molar-refractivity contribution in [3.05, 3.63) is 60.7 Å². The Kier molecular flexibility index (Phi) is 7.20. The van der Waals surface area contributed by atoms with E-state index >= 15 is 0 Å². The van der Waals surface area contributed by atoms with Gasteiger partial charge in [-0.15, -0.1) is 0 Å². The van der Waals surface area contributed by atoms with Gasteiger partial charge in [-0.1, -0.05) is 0 Å². The second-order valence-corrected chi connectivity index (χ2v) is 11.7. The molecular formula is C16H16N2O2Se2. The van der Waals surface area contributed by atoms with Crippen molar-refractivity contribution in [2.45, 2.75) is 10.6 Å². The van der Waals surface area contributed by atoms with E-state index in [9.17, 15) is 9.59 Å². The van der Waals surface area contributed by atoms with Gasteiger partial charge in [-0.3, -0.25) is 0 Å². The van der Waals surface area contributed by atoms with Gasteiger partial charge in [0.25, 0.3) is 0 Å². The van der Waals surface area contributed by atoms with E-state index in [1.54, 1.807) is 0 Å². The average Bonchev–Trinajstić information content (AvgIpc) is 2.53. The van der Waals surface area contributed by atoms with E-state index < -0.39 is 0 Å². The van der Waals surface area contributed by atoms with Crippen LogP contribution in [0.3, 0.4) is 0 Å². The van der Waals surface area contributed by atoms with Crippen LogP contribution in [0.4, 0.5) is 11.4 Å². The molecule has 0 aromatic heterocycles. The number of carbonyl (C=O) groups excluding carboxylic acids is 2. The van der Waals surface area contributed by atoms with Crippen LogP contribution in [-0.4, -0.2) is 38.1 Å². The number of carbonyl (C=O) groups is 2. The number of hydrogen-bond acceptors (Lipinski definition) is 2. The Balaban J connectivity index is 1.60. The fourth-order valence-electron chi connectivity index (χ4n) is 1.63. The zero-order valence-corrected chi connectivity index (χ0v) is 15.2. The molecule has 0 aliphatic rings. The molecule has 2 aromatic carbocycles. The van der Waals surface area contributed by atoms with Crippen molar-refractivity contribution in [3.63, 3.8) is 0 Å². The molecule has 2 N–H and O–H groups in total. The minimum absolute atomic E-state index is 0.0246. The molecular weight excluding hydrogens is 410 g/mol. The zero-order valence-electron chi connectivity index (χ0n) is 11.8. The summed E-state index contributed by atoms with van der Waals surface area (Å²) in [5.74, 6) is 0.0492. The second-order valence-electron chi connectivity index (χ2n) is 4.35. The van der Waals surface area contributed by atoms with Crippen molar-refractivity contribution in [1.82, 2.24) is 0 Å². The standard InChI is InChI=1S/C16H16N2O2Se2/c19-15(17-13-7-3-1-4-8-13)11-21-22-12-16(20)18-14-9-5-2-6-10-14/h1-10H,11-12H2,(H,17,19)(H,18,20). The zero-order chi connectivity index (χ0) is 15.6. The summed E-state index contributed by atoms with van der Waals surface area (Å²) in [6, 6.07) is 18.8. The predicted octanol–water partition coefficient (Wildman–Crippen LogP) is 2.42. The van der Waals surface area contributed by atoms with Crippen LogP contribution < -0.4 is 10.6 Å². The Hall–Kier alpha value is -1.58. The van der Waals surface area contributed by atoms with Crippen LogP contribution in [0.5, 0.6) is 0 Å². The average molecular weight is 426 g/mol. The summed E-state index contributed by atoms with van der Waals surface area (Å²) >= 11 is 0.389. The minimum atomic E-state index is 0.0246. The number of benzene rings is 2.